The molecule has 0 amide bonds. The van der Waals surface area contributed by atoms with Crippen LogP contribution in [0.1, 0.15) is 29.2 Å². The normalized spacial score (nSPS) is 18.0. The average Bonchev–Trinajstić information content (AvgIpc) is 3.75. The van der Waals surface area contributed by atoms with Gasteiger partial charge in [-0.2, -0.15) is 4.31 Å². The maximum Gasteiger partial charge on any atom is 0.345 e. The Kier molecular flexibility index (Phi) is 8.06. The van der Waals surface area contributed by atoms with Crippen LogP contribution in [0.15, 0.2) is 113 Å². The first-order valence-corrected chi connectivity index (χ1v) is 14.7. The summed E-state index contributed by atoms with van der Waals surface area (Å²) < 4.78 is 39.8. The first-order chi connectivity index (χ1) is 19.8. The highest BCUT2D eigenvalue weighted by Gasteiger charge is 2.59. The summed E-state index contributed by atoms with van der Waals surface area (Å²) in [5.41, 5.74) is 2.78. The summed E-state index contributed by atoms with van der Waals surface area (Å²) in [7, 11) is -1.65. The maximum atomic E-state index is 14.2. The molecule has 210 valence electrons. The summed E-state index contributed by atoms with van der Waals surface area (Å²) in [6.07, 6.45) is 0.722. The van der Waals surface area contributed by atoms with E-state index in [9.17, 15) is 18.0 Å². The molecule has 0 saturated carbocycles. The van der Waals surface area contributed by atoms with Crippen molar-refractivity contribution in [2.75, 3.05) is 14.2 Å². The van der Waals surface area contributed by atoms with Gasteiger partial charge in [-0.25, -0.2) is 18.0 Å². The van der Waals surface area contributed by atoms with E-state index in [1.807, 2.05) is 79.7 Å². The lowest BCUT2D eigenvalue weighted by atomic mass is 9.92. The van der Waals surface area contributed by atoms with Crippen molar-refractivity contribution >= 4 is 32.7 Å². The molecule has 0 aromatic heterocycles. The average molecular weight is 570 g/mol. The molecule has 7 nitrogen and oxygen atoms in total. The minimum Gasteiger partial charge on any atom is -0.465 e. The molecule has 1 unspecified atom stereocenters. The second-order valence-electron chi connectivity index (χ2n) is 9.98. The molecular formula is C33H31NO6S. The van der Waals surface area contributed by atoms with E-state index in [1.165, 1.54) is 18.5 Å². The number of hydrogen-bond acceptors (Lipinski definition) is 6. The molecule has 1 saturated heterocycles. The Bertz CT molecular complexity index is 1710. The van der Waals surface area contributed by atoms with Crippen molar-refractivity contribution in [3.05, 3.63) is 125 Å². The van der Waals surface area contributed by atoms with Gasteiger partial charge in [-0.3, -0.25) is 0 Å². The van der Waals surface area contributed by atoms with Crippen LogP contribution in [0.25, 0.3) is 10.8 Å². The van der Waals surface area contributed by atoms with E-state index in [1.54, 1.807) is 24.3 Å². The van der Waals surface area contributed by atoms with Gasteiger partial charge in [0.15, 0.2) is 0 Å². The highest BCUT2D eigenvalue weighted by Crippen LogP contribution is 2.54. The molecular weight excluding hydrogens is 538 g/mol. The first kappa shape index (κ1) is 28.3. The lowest BCUT2D eigenvalue weighted by molar-refractivity contribution is -0.144. The molecule has 0 N–H and O–H groups in total. The number of fused-ring (bicyclic) bond motifs is 1. The summed E-state index contributed by atoms with van der Waals surface area (Å²) in [4.78, 5) is 26.3. The number of hydrogen-bond donors (Lipinski definition) is 0. The molecule has 1 fully saturated rings. The monoisotopic (exact) mass is 569 g/mol. The van der Waals surface area contributed by atoms with Crippen LogP contribution in [0.5, 0.6) is 0 Å². The van der Waals surface area contributed by atoms with Crippen molar-refractivity contribution in [1.82, 2.24) is 4.31 Å². The number of nitrogens with zero attached hydrogens (tertiary/aromatic N) is 1. The molecule has 4 aromatic rings. The second-order valence-corrected chi connectivity index (χ2v) is 11.8. The minimum atomic E-state index is -4.03. The van der Waals surface area contributed by atoms with E-state index in [0.29, 0.717) is 12.0 Å². The maximum absolute atomic E-state index is 14.2. The number of ether oxygens (including phenoxy) is 2. The number of rotatable bonds is 9. The fourth-order valence-electron chi connectivity index (χ4n) is 5.40. The van der Waals surface area contributed by atoms with E-state index in [0.717, 1.165) is 27.5 Å². The Labute approximate surface area is 240 Å². The molecule has 4 aromatic carbocycles. The Morgan fingerprint density at radius 3 is 2.05 bits per heavy atom. The molecule has 0 bridgehead atoms. The van der Waals surface area contributed by atoms with Crippen molar-refractivity contribution in [2.45, 2.75) is 36.7 Å². The van der Waals surface area contributed by atoms with Gasteiger partial charge in [-0.1, -0.05) is 90.5 Å². The number of carbonyl (C=O) groups excluding carboxylic acids is 2. The van der Waals surface area contributed by atoms with E-state index in [2.05, 4.69) is 0 Å². The summed E-state index contributed by atoms with van der Waals surface area (Å²) >= 11 is 0. The van der Waals surface area contributed by atoms with Gasteiger partial charge in [0.25, 0.3) is 0 Å². The van der Waals surface area contributed by atoms with Gasteiger partial charge in [-0.15, -0.1) is 0 Å². The van der Waals surface area contributed by atoms with Crippen LogP contribution in [0.2, 0.25) is 0 Å². The largest absolute Gasteiger partial charge is 0.465 e. The van der Waals surface area contributed by atoms with E-state index in [-0.39, 0.29) is 16.9 Å². The SMILES string of the molecule is COC(=O)C(C(=O)OC)=C(CCc1ccccc1)[C@@H]1[C@H](c2cccc3ccccc23)N1S(=O)(=O)c1ccc(C)cc1. The van der Waals surface area contributed by atoms with E-state index >= 15 is 0 Å². The van der Waals surface area contributed by atoms with Crippen LogP contribution in [0, 0.1) is 6.92 Å². The molecule has 1 aliphatic rings. The predicted octanol–water partition coefficient (Wildman–Crippen LogP) is 5.54. The minimum absolute atomic E-state index is 0.135. The van der Waals surface area contributed by atoms with Crippen molar-refractivity contribution in [1.29, 1.82) is 0 Å². The van der Waals surface area contributed by atoms with Crippen molar-refractivity contribution < 1.29 is 27.5 Å². The lowest BCUT2D eigenvalue weighted by Crippen LogP contribution is -2.23. The number of benzene rings is 4. The van der Waals surface area contributed by atoms with Crippen LogP contribution in [-0.4, -0.2) is 44.9 Å². The van der Waals surface area contributed by atoms with Gasteiger partial charge in [-0.05, 0) is 59.4 Å². The highest BCUT2D eigenvalue weighted by molar-refractivity contribution is 7.89. The number of methoxy groups -OCH3 is 2. The quantitative estimate of drug-likeness (QED) is 0.0865. The van der Waals surface area contributed by atoms with Crippen molar-refractivity contribution in [2.24, 2.45) is 0 Å². The summed E-state index contributed by atoms with van der Waals surface area (Å²) in [5, 5.41) is 1.85. The van der Waals surface area contributed by atoms with Gasteiger partial charge in [0, 0.05) is 0 Å². The standard InChI is InChI=1S/C33H31NO6S/c1-22-16-19-25(20-17-22)41(37,38)34-30(27-15-9-13-24-12-7-8-14-26(24)27)31(34)28(21-18-23-10-5-4-6-11-23)29(32(35)39-2)33(36)40-3/h4-17,19-20,30-31H,18,21H2,1-3H3/t30-,31+,34?/m0/s1. The Balaban J connectivity index is 1.71. The predicted molar refractivity (Wildman–Crippen MR) is 157 cm³/mol. The Morgan fingerprint density at radius 2 is 1.39 bits per heavy atom. The molecule has 0 radical (unpaired) electrons. The van der Waals surface area contributed by atoms with Crippen LogP contribution in [-0.2, 0) is 35.5 Å². The first-order valence-electron chi connectivity index (χ1n) is 13.3. The smallest absolute Gasteiger partial charge is 0.345 e. The number of sulfonamides is 1. The topological polar surface area (TPSA) is 89.8 Å². The van der Waals surface area contributed by atoms with Gasteiger partial charge in [0.1, 0.15) is 5.57 Å². The van der Waals surface area contributed by atoms with Crippen molar-refractivity contribution in [3.63, 3.8) is 0 Å². The third-order valence-electron chi connectivity index (χ3n) is 7.48. The van der Waals surface area contributed by atoms with Gasteiger partial charge >= 0.3 is 11.9 Å². The zero-order chi connectivity index (χ0) is 29.1. The van der Waals surface area contributed by atoms with Crippen LogP contribution < -0.4 is 0 Å². The summed E-state index contributed by atoms with van der Waals surface area (Å²) in [5.74, 6) is -1.73. The highest BCUT2D eigenvalue weighted by atomic mass is 32.2. The molecule has 1 heterocycles. The summed E-state index contributed by atoms with van der Waals surface area (Å²) in [6.45, 7) is 1.89. The fourth-order valence-corrected chi connectivity index (χ4v) is 7.13. The number of aryl methyl sites for hydroxylation is 2. The number of carbonyl (C=O) groups is 2. The van der Waals surface area contributed by atoms with Gasteiger partial charge < -0.3 is 9.47 Å². The van der Waals surface area contributed by atoms with Crippen molar-refractivity contribution in [3.8, 4) is 0 Å². The third kappa shape index (κ3) is 5.53. The molecule has 8 heteroatoms. The summed E-state index contributed by atoms with van der Waals surface area (Å²) in [6, 6.07) is 28.3. The van der Waals surface area contributed by atoms with E-state index in [4.69, 9.17) is 9.47 Å². The van der Waals surface area contributed by atoms with Crippen LogP contribution in [0.4, 0.5) is 0 Å². The van der Waals surface area contributed by atoms with Gasteiger partial charge in [0.05, 0.1) is 31.2 Å². The molecule has 3 atom stereocenters. The molecule has 41 heavy (non-hydrogen) atoms. The Hall–Kier alpha value is -4.27. The molecule has 0 aliphatic carbocycles. The van der Waals surface area contributed by atoms with Crippen LogP contribution in [0.3, 0.4) is 0 Å². The van der Waals surface area contributed by atoms with Gasteiger partial charge in [0.2, 0.25) is 10.0 Å². The zero-order valence-corrected chi connectivity index (χ0v) is 23.9. The lowest BCUT2D eigenvalue weighted by Gasteiger charge is -2.14. The van der Waals surface area contributed by atoms with E-state index < -0.39 is 34.0 Å². The Morgan fingerprint density at radius 1 is 0.780 bits per heavy atom. The van der Waals surface area contributed by atoms with Crippen LogP contribution >= 0.6 is 0 Å². The number of esters is 2. The fraction of sp³-hybridized carbons (Fsp3) is 0.212. The molecule has 1 aliphatic heterocycles. The third-order valence-corrected chi connectivity index (χ3v) is 9.36. The molecule has 5 rings (SSSR count). The second kappa shape index (κ2) is 11.7. The molecule has 0 spiro atoms. The zero-order valence-electron chi connectivity index (χ0n) is 23.1.